The lowest BCUT2D eigenvalue weighted by atomic mass is 10.2. The molecule has 0 spiro atoms. The molecule has 60 valence electrons. The van der Waals surface area contributed by atoms with E-state index in [1.165, 1.54) is 0 Å². The van der Waals surface area contributed by atoms with Gasteiger partial charge in [0.05, 0.1) is 5.02 Å². The smallest absolute Gasteiger partial charge is 0.192 e. The first-order valence-electron chi connectivity index (χ1n) is 3.46. The molecule has 3 heteroatoms. The molecule has 0 saturated carbocycles. The SMILES string of the molecule is S=c1cc(Cl)c2ccccc2o1. The third-order valence-electron chi connectivity index (χ3n) is 1.60. The first-order chi connectivity index (χ1) is 5.77. The second-order valence-electron chi connectivity index (χ2n) is 2.41. The minimum Gasteiger partial charge on any atom is -0.445 e. The van der Waals surface area contributed by atoms with Crippen molar-refractivity contribution in [2.24, 2.45) is 0 Å². The van der Waals surface area contributed by atoms with Gasteiger partial charge in [0.1, 0.15) is 5.58 Å². The van der Waals surface area contributed by atoms with Gasteiger partial charge in [0.15, 0.2) is 4.71 Å². The van der Waals surface area contributed by atoms with Crippen LogP contribution in [-0.4, -0.2) is 0 Å². The molecule has 0 aliphatic heterocycles. The van der Waals surface area contributed by atoms with Crippen molar-refractivity contribution in [2.75, 3.05) is 0 Å². The standard InChI is InChI=1S/C9H5ClOS/c10-7-5-9(12)11-8-4-2-1-3-6(7)8/h1-5H. The maximum atomic E-state index is 5.94. The number of hydrogen-bond acceptors (Lipinski definition) is 2. The molecule has 0 amide bonds. The fourth-order valence-electron chi connectivity index (χ4n) is 1.07. The lowest BCUT2D eigenvalue weighted by Crippen LogP contribution is -1.73. The van der Waals surface area contributed by atoms with Crippen LogP contribution < -0.4 is 0 Å². The average molecular weight is 197 g/mol. The zero-order valence-corrected chi connectivity index (χ0v) is 7.65. The van der Waals surface area contributed by atoms with Crippen LogP contribution in [0.3, 0.4) is 0 Å². The van der Waals surface area contributed by atoms with E-state index in [4.69, 9.17) is 28.2 Å². The average Bonchev–Trinajstić information content (AvgIpc) is 2.04. The Labute approximate surface area is 79.6 Å². The molecule has 1 aromatic carbocycles. The van der Waals surface area contributed by atoms with Crippen LogP contribution in [0.4, 0.5) is 0 Å². The number of hydrogen-bond donors (Lipinski definition) is 0. The molecule has 1 nitrogen and oxygen atoms in total. The lowest BCUT2D eigenvalue weighted by Gasteiger charge is -1.97. The Hall–Kier alpha value is -0.860. The number of fused-ring (bicyclic) bond motifs is 1. The molecule has 0 aliphatic carbocycles. The van der Waals surface area contributed by atoms with Crippen molar-refractivity contribution in [2.45, 2.75) is 0 Å². The third-order valence-corrected chi connectivity index (χ3v) is 2.11. The second kappa shape index (κ2) is 2.88. The van der Waals surface area contributed by atoms with Gasteiger partial charge in [-0.2, -0.15) is 0 Å². The van der Waals surface area contributed by atoms with Crippen molar-refractivity contribution < 1.29 is 4.42 Å². The summed E-state index contributed by atoms with van der Waals surface area (Å²) in [7, 11) is 0. The first kappa shape index (κ1) is 7.77. The fraction of sp³-hybridized carbons (Fsp3) is 0. The van der Waals surface area contributed by atoms with E-state index in [0.29, 0.717) is 9.73 Å². The Morgan fingerprint density at radius 2 is 2.00 bits per heavy atom. The Balaban J connectivity index is 2.99. The first-order valence-corrected chi connectivity index (χ1v) is 4.24. The van der Waals surface area contributed by atoms with E-state index in [9.17, 15) is 0 Å². The molecular formula is C9H5ClOS. The Bertz CT molecular complexity index is 475. The summed E-state index contributed by atoms with van der Waals surface area (Å²) < 4.78 is 5.69. The van der Waals surface area contributed by atoms with E-state index in [2.05, 4.69) is 0 Å². The van der Waals surface area contributed by atoms with Gasteiger partial charge in [0, 0.05) is 11.5 Å². The predicted molar refractivity (Wildman–Crippen MR) is 52.1 cm³/mol. The quantitative estimate of drug-likeness (QED) is 0.595. The molecular weight excluding hydrogens is 192 g/mol. The van der Waals surface area contributed by atoms with Crippen LogP contribution in [-0.2, 0) is 0 Å². The normalized spacial score (nSPS) is 10.4. The summed E-state index contributed by atoms with van der Waals surface area (Å²) in [5.74, 6) is 0. The molecule has 0 radical (unpaired) electrons. The van der Waals surface area contributed by atoms with Crippen molar-refractivity contribution >= 4 is 34.8 Å². The largest absolute Gasteiger partial charge is 0.445 e. The molecule has 0 unspecified atom stereocenters. The van der Waals surface area contributed by atoms with Crippen molar-refractivity contribution in [3.05, 3.63) is 40.1 Å². The van der Waals surface area contributed by atoms with Crippen LogP contribution in [0.1, 0.15) is 0 Å². The van der Waals surface area contributed by atoms with Crippen molar-refractivity contribution in [3.8, 4) is 0 Å². The molecule has 12 heavy (non-hydrogen) atoms. The molecule has 1 aromatic heterocycles. The number of rotatable bonds is 0. The van der Waals surface area contributed by atoms with E-state index in [1.807, 2.05) is 24.3 Å². The highest BCUT2D eigenvalue weighted by Gasteiger charge is 1.98. The summed E-state index contributed by atoms with van der Waals surface area (Å²) in [5.41, 5.74) is 0.731. The van der Waals surface area contributed by atoms with E-state index in [-0.39, 0.29) is 0 Å². The highest BCUT2D eigenvalue weighted by atomic mass is 35.5. The molecule has 1 heterocycles. The van der Waals surface area contributed by atoms with E-state index < -0.39 is 0 Å². The van der Waals surface area contributed by atoms with Gasteiger partial charge in [-0.1, -0.05) is 23.7 Å². The van der Waals surface area contributed by atoms with Crippen LogP contribution in [0.15, 0.2) is 34.7 Å². The maximum Gasteiger partial charge on any atom is 0.192 e. The minimum absolute atomic E-state index is 0.415. The summed E-state index contributed by atoms with van der Waals surface area (Å²) >= 11 is 10.8. The van der Waals surface area contributed by atoms with Crippen LogP contribution in [0.25, 0.3) is 11.0 Å². The van der Waals surface area contributed by atoms with Crippen LogP contribution in [0.2, 0.25) is 5.02 Å². The number of halogens is 1. The predicted octanol–water partition coefficient (Wildman–Crippen LogP) is 3.82. The summed E-state index contributed by atoms with van der Waals surface area (Å²) in [5, 5.41) is 1.54. The van der Waals surface area contributed by atoms with E-state index >= 15 is 0 Å². The molecule has 0 bridgehead atoms. The van der Waals surface area contributed by atoms with Gasteiger partial charge in [0.2, 0.25) is 0 Å². The molecule has 0 fully saturated rings. The van der Waals surface area contributed by atoms with Gasteiger partial charge in [-0.05, 0) is 24.4 Å². The Morgan fingerprint density at radius 3 is 2.83 bits per heavy atom. The summed E-state index contributed by atoms with van der Waals surface area (Å²) in [6.45, 7) is 0. The fourth-order valence-corrected chi connectivity index (χ4v) is 1.60. The van der Waals surface area contributed by atoms with Crippen molar-refractivity contribution in [1.82, 2.24) is 0 Å². The molecule has 2 rings (SSSR count). The van der Waals surface area contributed by atoms with Gasteiger partial charge in [-0.3, -0.25) is 0 Å². The van der Waals surface area contributed by atoms with Gasteiger partial charge < -0.3 is 4.42 Å². The van der Waals surface area contributed by atoms with Crippen LogP contribution in [0.5, 0.6) is 0 Å². The summed E-state index contributed by atoms with van der Waals surface area (Å²) in [6.07, 6.45) is 0. The lowest BCUT2D eigenvalue weighted by molar-refractivity contribution is 0.587. The minimum atomic E-state index is 0.415. The molecule has 0 aliphatic rings. The number of benzene rings is 1. The summed E-state index contributed by atoms with van der Waals surface area (Å²) in [4.78, 5) is 0. The molecule has 0 N–H and O–H groups in total. The molecule has 0 saturated heterocycles. The maximum absolute atomic E-state index is 5.94. The van der Waals surface area contributed by atoms with Crippen LogP contribution in [0, 0.1) is 4.71 Å². The Kier molecular flexibility index (Phi) is 1.87. The molecule has 2 aromatic rings. The highest BCUT2D eigenvalue weighted by molar-refractivity contribution is 7.71. The second-order valence-corrected chi connectivity index (χ2v) is 3.22. The zero-order valence-electron chi connectivity index (χ0n) is 6.08. The topological polar surface area (TPSA) is 13.1 Å². The molecule has 0 atom stereocenters. The number of para-hydroxylation sites is 1. The van der Waals surface area contributed by atoms with Gasteiger partial charge in [-0.15, -0.1) is 0 Å². The zero-order chi connectivity index (χ0) is 8.55. The van der Waals surface area contributed by atoms with Gasteiger partial charge in [0.25, 0.3) is 0 Å². The highest BCUT2D eigenvalue weighted by Crippen LogP contribution is 2.23. The van der Waals surface area contributed by atoms with Crippen molar-refractivity contribution in [3.63, 3.8) is 0 Å². The van der Waals surface area contributed by atoms with Crippen LogP contribution >= 0.6 is 23.8 Å². The van der Waals surface area contributed by atoms with E-state index in [0.717, 1.165) is 11.0 Å². The van der Waals surface area contributed by atoms with Gasteiger partial charge >= 0.3 is 0 Å². The van der Waals surface area contributed by atoms with Gasteiger partial charge in [-0.25, -0.2) is 0 Å². The van der Waals surface area contributed by atoms with E-state index in [1.54, 1.807) is 6.07 Å². The monoisotopic (exact) mass is 196 g/mol. The Morgan fingerprint density at radius 1 is 1.25 bits per heavy atom. The summed E-state index contributed by atoms with van der Waals surface area (Å²) in [6, 6.07) is 9.18. The third kappa shape index (κ3) is 1.24. The van der Waals surface area contributed by atoms with Crippen molar-refractivity contribution in [1.29, 1.82) is 0 Å².